The van der Waals surface area contributed by atoms with Gasteiger partial charge in [0.05, 0.1) is 6.20 Å². The number of hydrogen-bond donors (Lipinski definition) is 1. The summed E-state index contributed by atoms with van der Waals surface area (Å²) >= 11 is 4.34. The fraction of sp³-hybridized carbons (Fsp3) is 0.188. The molecule has 0 aliphatic carbocycles. The Morgan fingerprint density at radius 3 is 2.88 bits per heavy atom. The number of thiol groups is 1. The highest BCUT2D eigenvalue weighted by atomic mass is 32.1. The monoisotopic (exact) mass is 338 g/mol. The van der Waals surface area contributed by atoms with Crippen molar-refractivity contribution in [3.63, 3.8) is 0 Å². The molecule has 0 bridgehead atoms. The third-order valence-electron chi connectivity index (χ3n) is 3.12. The first-order valence-electron chi connectivity index (χ1n) is 7.47. The number of nitrogens with zero attached hydrogens (tertiary/aromatic N) is 6. The van der Waals surface area contributed by atoms with Gasteiger partial charge in [0.2, 0.25) is 0 Å². The van der Waals surface area contributed by atoms with Crippen LogP contribution in [0.15, 0.2) is 47.8 Å². The molecule has 3 rings (SSSR count). The van der Waals surface area contributed by atoms with E-state index in [-0.39, 0.29) is 0 Å². The Labute approximate surface area is 145 Å². The van der Waals surface area contributed by atoms with Gasteiger partial charge in [0.1, 0.15) is 0 Å². The largest absolute Gasteiger partial charge is 0.699 e. The predicted molar refractivity (Wildman–Crippen MR) is 97.6 cm³/mol. The number of benzene rings is 1. The van der Waals surface area contributed by atoms with Crippen LogP contribution in [-0.4, -0.2) is 19.7 Å². The Kier molecular flexibility index (Phi) is 4.85. The average Bonchev–Trinajstić information content (AvgIpc) is 2.98. The van der Waals surface area contributed by atoms with E-state index in [4.69, 9.17) is 5.73 Å². The van der Waals surface area contributed by atoms with Gasteiger partial charge in [0, 0.05) is 23.3 Å². The molecule has 1 aromatic carbocycles. The maximum absolute atomic E-state index is 7.64. The van der Waals surface area contributed by atoms with E-state index in [1.54, 1.807) is 36.7 Å². The Morgan fingerprint density at radius 2 is 2.08 bits per heavy atom. The van der Waals surface area contributed by atoms with Gasteiger partial charge in [0.15, 0.2) is 0 Å². The van der Waals surface area contributed by atoms with E-state index in [2.05, 4.69) is 45.3 Å². The van der Waals surface area contributed by atoms with Crippen molar-refractivity contribution in [3.05, 3.63) is 59.2 Å². The van der Waals surface area contributed by atoms with Gasteiger partial charge in [-0.3, -0.25) is 4.68 Å². The lowest BCUT2D eigenvalue weighted by Crippen LogP contribution is -1.95. The second-order valence-corrected chi connectivity index (χ2v) is 5.60. The molecule has 0 saturated heterocycles. The summed E-state index contributed by atoms with van der Waals surface area (Å²) in [5.74, 6) is 0.711. The molecule has 0 saturated carbocycles. The Hall–Kier alpha value is -2.74. The standard InChI is InChI=1S/C16H16N7S/c1-2-6-23-10-13(8-19-23)21-16-18-9-14(24)15(22-16)20-12-5-3-4-11(17)7-12/h3-5,7-10,17H,2,6H2,1H3,(H-2,18,20,21,22,24)/q-3. The van der Waals surface area contributed by atoms with E-state index in [9.17, 15) is 0 Å². The SMILES string of the molecule is CCCn1cc([N-]c2ncc(S)c([N-]c3cccc([NH-])c3)n2)cn1. The second kappa shape index (κ2) is 7.22. The normalized spacial score (nSPS) is 10.6. The number of hydrogen-bond acceptors (Lipinski definition) is 4. The summed E-state index contributed by atoms with van der Waals surface area (Å²) in [6.45, 7) is 2.93. The van der Waals surface area contributed by atoms with Crippen molar-refractivity contribution in [1.82, 2.24) is 19.7 Å². The van der Waals surface area contributed by atoms with Crippen LogP contribution in [0.1, 0.15) is 13.3 Å². The fourth-order valence-electron chi connectivity index (χ4n) is 2.07. The maximum atomic E-state index is 7.64. The smallest absolute Gasteiger partial charge is 0.0588 e. The maximum Gasteiger partial charge on any atom is 0.0588 e. The molecule has 0 aliphatic rings. The van der Waals surface area contributed by atoms with Crippen LogP contribution < -0.4 is 0 Å². The van der Waals surface area contributed by atoms with Crippen LogP contribution in [0.4, 0.5) is 28.8 Å². The van der Waals surface area contributed by atoms with Gasteiger partial charge in [0.25, 0.3) is 0 Å². The lowest BCUT2D eigenvalue weighted by molar-refractivity contribution is 0.603. The predicted octanol–water partition coefficient (Wildman–Crippen LogP) is 5.73. The first-order valence-corrected chi connectivity index (χ1v) is 7.92. The van der Waals surface area contributed by atoms with Crippen LogP contribution in [0.3, 0.4) is 0 Å². The molecule has 0 fully saturated rings. The molecule has 24 heavy (non-hydrogen) atoms. The lowest BCUT2D eigenvalue weighted by Gasteiger charge is -2.23. The molecule has 2 heterocycles. The summed E-state index contributed by atoms with van der Waals surface area (Å²) in [6, 6.07) is 6.92. The molecule has 3 aromatic rings. The van der Waals surface area contributed by atoms with Gasteiger partial charge in [-0.25, -0.2) is 0 Å². The van der Waals surface area contributed by atoms with Crippen molar-refractivity contribution in [3.8, 4) is 0 Å². The molecule has 0 unspecified atom stereocenters. The molecular formula is C16H16N7S-3. The fourth-order valence-corrected chi connectivity index (χ4v) is 2.23. The quantitative estimate of drug-likeness (QED) is 0.581. The van der Waals surface area contributed by atoms with E-state index in [1.807, 2.05) is 10.9 Å². The molecule has 0 spiro atoms. The highest BCUT2D eigenvalue weighted by Crippen LogP contribution is 2.37. The number of rotatable bonds is 6. The summed E-state index contributed by atoms with van der Waals surface area (Å²) in [6.07, 6.45) is 6.09. The van der Waals surface area contributed by atoms with E-state index in [1.165, 1.54) is 0 Å². The van der Waals surface area contributed by atoms with Gasteiger partial charge in [-0.05, 0) is 30.1 Å². The molecule has 0 amide bonds. The molecule has 124 valence electrons. The zero-order chi connectivity index (χ0) is 16.9. The minimum Gasteiger partial charge on any atom is -0.699 e. The van der Waals surface area contributed by atoms with Crippen LogP contribution >= 0.6 is 12.6 Å². The van der Waals surface area contributed by atoms with Crippen LogP contribution in [-0.2, 0) is 6.54 Å². The summed E-state index contributed by atoms with van der Waals surface area (Å²) in [7, 11) is 0. The second-order valence-electron chi connectivity index (χ2n) is 5.11. The van der Waals surface area contributed by atoms with Crippen LogP contribution in [0.2, 0.25) is 0 Å². The first-order chi connectivity index (χ1) is 11.6. The third kappa shape index (κ3) is 3.96. The number of aryl methyl sites for hydroxylation is 1. The van der Waals surface area contributed by atoms with Crippen molar-refractivity contribution >= 4 is 41.5 Å². The highest BCUT2D eigenvalue weighted by Gasteiger charge is 1.97. The van der Waals surface area contributed by atoms with Crippen molar-refractivity contribution in [2.24, 2.45) is 0 Å². The average molecular weight is 338 g/mol. The summed E-state index contributed by atoms with van der Waals surface area (Å²) in [5, 5.41) is 13.0. The van der Waals surface area contributed by atoms with E-state index < -0.39 is 0 Å². The van der Waals surface area contributed by atoms with Gasteiger partial charge in [-0.1, -0.05) is 31.2 Å². The summed E-state index contributed by atoms with van der Waals surface area (Å²) in [4.78, 5) is 9.04. The molecular weight excluding hydrogens is 322 g/mol. The minimum atomic E-state index is 0.296. The minimum absolute atomic E-state index is 0.296. The third-order valence-corrected chi connectivity index (χ3v) is 3.44. The van der Waals surface area contributed by atoms with Crippen LogP contribution in [0, 0.1) is 0 Å². The van der Waals surface area contributed by atoms with E-state index >= 15 is 0 Å². The van der Waals surface area contributed by atoms with E-state index in [0.29, 0.717) is 33.7 Å². The number of nitrogens with one attached hydrogen (secondary N) is 1. The molecule has 0 atom stereocenters. The Morgan fingerprint density at radius 1 is 1.21 bits per heavy atom. The van der Waals surface area contributed by atoms with Crippen molar-refractivity contribution in [2.75, 3.05) is 0 Å². The Bertz CT molecular complexity index is 831. The molecule has 2 aromatic heterocycles. The van der Waals surface area contributed by atoms with E-state index in [0.717, 1.165) is 13.0 Å². The van der Waals surface area contributed by atoms with Gasteiger partial charge in [-0.15, -0.1) is 18.3 Å². The van der Waals surface area contributed by atoms with Crippen LogP contribution in [0.25, 0.3) is 16.4 Å². The van der Waals surface area contributed by atoms with Crippen molar-refractivity contribution < 1.29 is 0 Å². The molecule has 8 heteroatoms. The molecule has 0 radical (unpaired) electrons. The number of aromatic nitrogens is 4. The first kappa shape index (κ1) is 16.1. The zero-order valence-electron chi connectivity index (χ0n) is 13.1. The molecule has 0 aliphatic heterocycles. The highest BCUT2D eigenvalue weighted by molar-refractivity contribution is 7.80. The zero-order valence-corrected chi connectivity index (χ0v) is 14.0. The summed E-state index contributed by atoms with van der Waals surface area (Å²) < 4.78 is 1.83. The van der Waals surface area contributed by atoms with Crippen LogP contribution in [0.5, 0.6) is 0 Å². The topological polar surface area (TPSA) is 95.6 Å². The summed E-state index contributed by atoms with van der Waals surface area (Å²) in [5.41, 5.74) is 9.36. The molecule has 7 nitrogen and oxygen atoms in total. The van der Waals surface area contributed by atoms with Gasteiger partial charge >= 0.3 is 0 Å². The lowest BCUT2D eigenvalue weighted by atomic mass is 10.3. The van der Waals surface area contributed by atoms with Crippen molar-refractivity contribution in [2.45, 2.75) is 24.8 Å². The molecule has 1 N–H and O–H groups in total. The van der Waals surface area contributed by atoms with Gasteiger partial charge in [-0.2, -0.15) is 5.10 Å². The Balaban J connectivity index is 1.77. The van der Waals surface area contributed by atoms with Crippen molar-refractivity contribution in [1.29, 1.82) is 0 Å². The van der Waals surface area contributed by atoms with Gasteiger partial charge < -0.3 is 26.3 Å².